The summed E-state index contributed by atoms with van der Waals surface area (Å²) in [5.41, 5.74) is 8.54. The van der Waals surface area contributed by atoms with Gasteiger partial charge in [-0.3, -0.25) is 4.79 Å². The zero-order valence-electron chi connectivity index (χ0n) is 12.1. The highest BCUT2D eigenvalue weighted by atomic mass is 16.1. The molecule has 0 fully saturated rings. The van der Waals surface area contributed by atoms with E-state index in [1.807, 2.05) is 13.8 Å². The van der Waals surface area contributed by atoms with Crippen molar-refractivity contribution in [2.24, 2.45) is 5.73 Å². The summed E-state index contributed by atoms with van der Waals surface area (Å²) in [4.78, 5) is 12.1. The van der Waals surface area contributed by atoms with Crippen molar-refractivity contribution in [2.75, 3.05) is 0 Å². The normalized spacial score (nSPS) is 19.0. The molecule has 1 aromatic rings. The van der Waals surface area contributed by atoms with Gasteiger partial charge in [-0.1, -0.05) is 24.3 Å². The van der Waals surface area contributed by atoms with Gasteiger partial charge in [-0.05, 0) is 56.6 Å². The van der Waals surface area contributed by atoms with Gasteiger partial charge in [0.15, 0.2) is 0 Å². The molecular formula is C17H25NO. The van der Waals surface area contributed by atoms with E-state index in [4.69, 9.17) is 5.73 Å². The zero-order valence-corrected chi connectivity index (χ0v) is 12.1. The first-order chi connectivity index (χ1) is 8.96. The molecule has 0 saturated carbocycles. The van der Waals surface area contributed by atoms with Crippen LogP contribution in [-0.4, -0.2) is 11.3 Å². The average Bonchev–Trinajstić information content (AvgIpc) is 2.36. The average molecular weight is 259 g/mol. The lowest BCUT2D eigenvalue weighted by Gasteiger charge is -2.25. The fraction of sp³-hybridized carbons (Fsp3) is 0.588. The summed E-state index contributed by atoms with van der Waals surface area (Å²) in [7, 11) is 0. The Kier molecular flexibility index (Phi) is 4.41. The number of fused-ring (bicyclic) bond motifs is 1. The maximum Gasteiger partial charge on any atom is 0.133 e. The second-order valence-corrected chi connectivity index (χ2v) is 6.52. The minimum absolute atomic E-state index is 0.236. The lowest BCUT2D eigenvalue weighted by atomic mass is 9.79. The molecule has 2 N–H and O–H groups in total. The van der Waals surface area contributed by atoms with Gasteiger partial charge in [0, 0.05) is 18.4 Å². The molecule has 1 unspecified atom stereocenters. The molecule has 104 valence electrons. The Bertz CT molecular complexity index is 445. The summed E-state index contributed by atoms with van der Waals surface area (Å²) in [6.07, 6.45) is 5.60. The molecule has 1 aliphatic carbocycles. The van der Waals surface area contributed by atoms with Crippen molar-refractivity contribution in [3.63, 3.8) is 0 Å². The van der Waals surface area contributed by atoms with Crippen molar-refractivity contribution in [2.45, 2.75) is 63.8 Å². The van der Waals surface area contributed by atoms with Gasteiger partial charge in [-0.2, -0.15) is 0 Å². The quantitative estimate of drug-likeness (QED) is 0.878. The van der Waals surface area contributed by atoms with Crippen molar-refractivity contribution in [1.29, 1.82) is 0 Å². The first-order valence-electron chi connectivity index (χ1n) is 7.34. The minimum atomic E-state index is -0.236. The van der Waals surface area contributed by atoms with Gasteiger partial charge in [0.1, 0.15) is 5.78 Å². The molecule has 0 amide bonds. The molecule has 2 rings (SSSR count). The van der Waals surface area contributed by atoms with Gasteiger partial charge >= 0.3 is 0 Å². The van der Waals surface area contributed by atoms with Crippen LogP contribution >= 0.6 is 0 Å². The van der Waals surface area contributed by atoms with Crippen molar-refractivity contribution >= 4 is 5.78 Å². The first-order valence-corrected chi connectivity index (χ1v) is 7.34. The number of ketones is 1. The van der Waals surface area contributed by atoms with Crippen LogP contribution in [0.25, 0.3) is 0 Å². The third-order valence-corrected chi connectivity index (χ3v) is 4.02. The van der Waals surface area contributed by atoms with Crippen LogP contribution < -0.4 is 5.73 Å². The van der Waals surface area contributed by atoms with Crippen LogP contribution in [0.15, 0.2) is 24.3 Å². The Balaban J connectivity index is 1.95. The third-order valence-electron chi connectivity index (χ3n) is 4.02. The van der Waals surface area contributed by atoms with Crippen LogP contribution in [0.5, 0.6) is 0 Å². The molecule has 0 saturated heterocycles. The van der Waals surface area contributed by atoms with Crippen LogP contribution in [0.3, 0.4) is 0 Å². The van der Waals surface area contributed by atoms with E-state index in [0.29, 0.717) is 24.5 Å². The number of rotatable bonds is 5. The molecule has 0 spiro atoms. The number of nitrogens with two attached hydrogens (primary N) is 1. The topological polar surface area (TPSA) is 43.1 Å². The number of carbonyl (C=O) groups excluding carboxylic acids is 1. The Morgan fingerprint density at radius 1 is 1.37 bits per heavy atom. The van der Waals surface area contributed by atoms with E-state index >= 15 is 0 Å². The van der Waals surface area contributed by atoms with Crippen LogP contribution in [0.4, 0.5) is 0 Å². The monoisotopic (exact) mass is 259 g/mol. The molecule has 0 radical (unpaired) electrons. The van der Waals surface area contributed by atoms with Gasteiger partial charge in [0.2, 0.25) is 0 Å². The van der Waals surface area contributed by atoms with E-state index < -0.39 is 0 Å². The smallest absolute Gasteiger partial charge is 0.133 e. The SMILES string of the molecule is CC(C)(N)CCC(=O)CC1CCCc2ccccc21. The van der Waals surface area contributed by atoms with E-state index in [1.54, 1.807) is 0 Å². The molecule has 2 nitrogen and oxygen atoms in total. The highest BCUT2D eigenvalue weighted by Gasteiger charge is 2.23. The Labute approximate surface area is 116 Å². The molecule has 1 atom stereocenters. The minimum Gasteiger partial charge on any atom is -0.326 e. The molecule has 2 heteroatoms. The van der Waals surface area contributed by atoms with E-state index in [1.165, 1.54) is 17.5 Å². The van der Waals surface area contributed by atoms with E-state index in [9.17, 15) is 4.79 Å². The molecule has 0 aliphatic heterocycles. The summed E-state index contributed by atoms with van der Waals surface area (Å²) in [6.45, 7) is 3.96. The van der Waals surface area contributed by atoms with Crippen molar-refractivity contribution in [3.05, 3.63) is 35.4 Å². The predicted octanol–water partition coefficient (Wildman–Crippen LogP) is 3.58. The van der Waals surface area contributed by atoms with E-state index in [0.717, 1.165) is 19.3 Å². The van der Waals surface area contributed by atoms with Crippen LogP contribution in [0.2, 0.25) is 0 Å². The van der Waals surface area contributed by atoms with Gasteiger partial charge in [-0.25, -0.2) is 0 Å². The Morgan fingerprint density at radius 3 is 2.84 bits per heavy atom. The molecule has 1 aromatic carbocycles. The number of aryl methyl sites for hydroxylation is 1. The largest absolute Gasteiger partial charge is 0.326 e. The van der Waals surface area contributed by atoms with Gasteiger partial charge in [0.25, 0.3) is 0 Å². The second kappa shape index (κ2) is 5.87. The number of benzene rings is 1. The number of Topliss-reactive ketones (excluding diaryl/α,β-unsaturated/α-hetero) is 1. The third kappa shape index (κ3) is 4.17. The Hall–Kier alpha value is -1.15. The molecule has 1 aliphatic rings. The summed E-state index contributed by atoms with van der Waals surface area (Å²) < 4.78 is 0. The molecule has 0 aromatic heterocycles. The summed E-state index contributed by atoms with van der Waals surface area (Å²) in [5, 5.41) is 0. The lowest BCUT2D eigenvalue weighted by Crippen LogP contribution is -2.32. The van der Waals surface area contributed by atoms with Gasteiger partial charge < -0.3 is 5.73 Å². The first kappa shape index (κ1) is 14.3. The summed E-state index contributed by atoms with van der Waals surface area (Å²) >= 11 is 0. The fourth-order valence-electron chi connectivity index (χ4n) is 2.91. The summed E-state index contributed by atoms with van der Waals surface area (Å²) in [5.74, 6) is 0.790. The highest BCUT2D eigenvalue weighted by molar-refractivity contribution is 5.79. The maximum absolute atomic E-state index is 12.1. The van der Waals surface area contributed by atoms with Crippen LogP contribution in [0, 0.1) is 0 Å². The maximum atomic E-state index is 12.1. The zero-order chi connectivity index (χ0) is 13.9. The fourth-order valence-corrected chi connectivity index (χ4v) is 2.91. The van der Waals surface area contributed by atoms with Crippen molar-refractivity contribution in [3.8, 4) is 0 Å². The van der Waals surface area contributed by atoms with Crippen LogP contribution in [0.1, 0.15) is 63.0 Å². The number of hydrogen-bond acceptors (Lipinski definition) is 2. The van der Waals surface area contributed by atoms with Crippen molar-refractivity contribution in [1.82, 2.24) is 0 Å². The summed E-state index contributed by atoms with van der Waals surface area (Å²) in [6, 6.07) is 8.58. The van der Waals surface area contributed by atoms with E-state index in [-0.39, 0.29) is 5.54 Å². The molecular weight excluding hydrogens is 234 g/mol. The van der Waals surface area contributed by atoms with Gasteiger partial charge in [0.05, 0.1) is 0 Å². The predicted molar refractivity (Wildman–Crippen MR) is 79.2 cm³/mol. The van der Waals surface area contributed by atoms with Crippen molar-refractivity contribution < 1.29 is 4.79 Å². The van der Waals surface area contributed by atoms with E-state index in [2.05, 4.69) is 24.3 Å². The highest BCUT2D eigenvalue weighted by Crippen LogP contribution is 2.34. The number of hydrogen-bond donors (Lipinski definition) is 1. The standard InChI is InChI=1S/C17H25NO/c1-17(2,18)11-10-15(19)12-14-8-5-7-13-6-3-4-9-16(13)14/h3-4,6,9,14H,5,7-8,10-12,18H2,1-2H3. The van der Waals surface area contributed by atoms with Crippen LogP contribution in [-0.2, 0) is 11.2 Å². The molecule has 0 bridgehead atoms. The number of carbonyl (C=O) groups is 1. The molecule has 0 heterocycles. The lowest BCUT2D eigenvalue weighted by molar-refractivity contribution is -0.119. The molecule has 19 heavy (non-hydrogen) atoms. The second-order valence-electron chi connectivity index (χ2n) is 6.52. The Morgan fingerprint density at radius 2 is 2.11 bits per heavy atom. The van der Waals surface area contributed by atoms with Gasteiger partial charge in [-0.15, -0.1) is 0 Å².